The largest absolute Gasteiger partial charge is 0.477 e. The monoisotopic (exact) mass is 272 g/mol. The minimum atomic E-state index is 0.282. The smallest absolute Gasteiger partial charge is 0.235 e. The zero-order valence-electron chi connectivity index (χ0n) is 12.1. The molecule has 0 aliphatic heterocycles. The molecule has 2 aliphatic rings. The van der Waals surface area contributed by atoms with Crippen molar-refractivity contribution in [2.45, 2.75) is 51.4 Å². The molecule has 20 heavy (non-hydrogen) atoms. The lowest BCUT2D eigenvalue weighted by molar-refractivity contribution is 0.301. The number of fused-ring (bicyclic) bond motifs is 3. The summed E-state index contributed by atoms with van der Waals surface area (Å²) < 4.78 is 7.62. The van der Waals surface area contributed by atoms with Crippen LogP contribution in [-0.4, -0.2) is 26.4 Å². The van der Waals surface area contributed by atoms with E-state index in [-0.39, 0.29) is 5.41 Å². The number of aromatic nitrogens is 4. The quantitative estimate of drug-likeness (QED) is 0.862. The molecule has 2 heterocycles. The number of ether oxygens (including phenoxy) is 1. The highest BCUT2D eigenvalue weighted by Gasteiger charge is 2.47. The third kappa shape index (κ3) is 1.58. The summed E-state index contributed by atoms with van der Waals surface area (Å²) in [6.07, 6.45) is 6.52. The average Bonchev–Trinajstić information content (AvgIpc) is 3.15. The summed E-state index contributed by atoms with van der Waals surface area (Å²) in [5.74, 6) is 2.49. The van der Waals surface area contributed by atoms with Crippen LogP contribution in [-0.2, 0) is 5.41 Å². The molecule has 0 N–H and O–H groups in total. The summed E-state index contributed by atoms with van der Waals surface area (Å²) in [6.45, 7) is 4.58. The van der Waals surface area contributed by atoms with Gasteiger partial charge in [-0.3, -0.25) is 0 Å². The summed E-state index contributed by atoms with van der Waals surface area (Å²) in [4.78, 5) is 0. The maximum absolute atomic E-state index is 5.84. The summed E-state index contributed by atoms with van der Waals surface area (Å²) in [5.41, 5.74) is 2.38. The molecule has 0 amide bonds. The molecule has 0 saturated heterocycles. The molecule has 5 nitrogen and oxygen atoms in total. The summed E-state index contributed by atoms with van der Waals surface area (Å²) in [5, 5.41) is 13.0. The maximum atomic E-state index is 5.84. The molecule has 2 bridgehead atoms. The Bertz CT molecular complexity index is 655. The Morgan fingerprint density at radius 1 is 1.35 bits per heavy atom. The Hall–Kier alpha value is -1.65. The minimum Gasteiger partial charge on any atom is -0.477 e. The number of nitrogens with zero attached hydrogens (tertiary/aromatic N) is 4. The Morgan fingerprint density at radius 2 is 2.15 bits per heavy atom. The van der Waals surface area contributed by atoms with Gasteiger partial charge in [-0.05, 0) is 57.9 Å². The lowest BCUT2D eigenvalue weighted by atomic mass is 9.78. The van der Waals surface area contributed by atoms with Gasteiger partial charge in [0.15, 0.2) is 11.5 Å². The highest BCUT2D eigenvalue weighted by atomic mass is 16.5. The van der Waals surface area contributed by atoms with E-state index in [1.807, 2.05) is 13.8 Å². The van der Waals surface area contributed by atoms with Gasteiger partial charge in [-0.25, -0.2) is 0 Å². The SMILES string of the molecule is CCOc1nn2c(C)nnc2cc1C12CCC(CC1)C2. The molecule has 5 heteroatoms. The van der Waals surface area contributed by atoms with Gasteiger partial charge >= 0.3 is 0 Å². The molecule has 2 aromatic rings. The first-order valence-electron chi connectivity index (χ1n) is 7.58. The van der Waals surface area contributed by atoms with Crippen LogP contribution in [0, 0.1) is 12.8 Å². The van der Waals surface area contributed by atoms with Crippen molar-refractivity contribution in [1.82, 2.24) is 19.8 Å². The molecule has 2 fully saturated rings. The Balaban J connectivity index is 1.90. The van der Waals surface area contributed by atoms with Crippen LogP contribution in [0.2, 0.25) is 0 Å². The molecule has 0 radical (unpaired) electrons. The van der Waals surface area contributed by atoms with Crippen LogP contribution in [0.4, 0.5) is 0 Å². The van der Waals surface area contributed by atoms with Crippen molar-refractivity contribution in [1.29, 1.82) is 0 Å². The molecule has 2 aromatic heterocycles. The normalized spacial score (nSPS) is 28.4. The van der Waals surface area contributed by atoms with Gasteiger partial charge in [-0.1, -0.05) is 0 Å². The standard InChI is InChI=1S/C15H20N4O/c1-3-20-14-12(15-6-4-11(9-15)5-7-15)8-13-17-16-10(2)19(13)18-14/h8,11H,3-7,9H2,1-2H3. The molecule has 2 saturated carbocycles. The maximum Gasteiger partial charge on any atom is 0.235 e. The van der Waals surface area contributed by atoms with Gasteiger partial charge in [-0.15, -0.1) is 15.3 Å². The summed E-state index contributed by atoms with van der Waals surface area (Å²) in [7, 11) is 0. The Kier molecular flexibility index (Phi) is 2.53. The Labute approximate surface area is 118 Å². The summed E-state index contributed by atoms with van der Waals surface area (Å²) in [6, 6.07) is 2.16. The highest BCUT2D eigenvalue weighted by molar-refractivity contribution is 5.48. The molecule has 0 unspecified atom stereocenters. The first-order chi connectivity index (χ1) is 9.72. The van der Waals surface area contributed by atoms with Crippen LogP contribution < -0.4 is 4.74 Å². The fourth-order valence-electron chi connectivity index (χ4n) is 4.12. The van der Waals surface area contributed by atoms with Gasteiger partial charge in [0.1, 0.15) is 0 Å². The van der Waals surface area contributed by atoms with Gasteiger partial charge < -0.3 is 4.74 Å². The topological polar surface area (TPSA) is 52.3 Å². The lowest BCUT2D eigenvalue weighted by Gasteiger charge is -2.28. The van der Waals surface area contributed by atoms with Crippen molar-refractivity contribution in [2.75, 3.05) is 6.61 Å². The van der Waals surface area contributed by atoms with Crippen LogP contribution in [0.15, 0.2) is 6.07 Å². The fraction of sp³-hybridized carbons (Fsp3) is 0.667. The van der Waals surface area contributed by atoms with Gasteiger partial charge in [0.05, 0.1) is 6.61 Å². The second-order valence-electron chi connectivity index (χ2n) is 6.24. The predicted octanol–water partition coefficient (Wildman–Crippen LogP) is 2.66. The predicted molar refractivity (Wildman–Crippen MR) is 74.9 cm³/mol. The fourth-order valence-corrected chi connectivity index (χ4v) is 4.12. The van der Waals surface area contributed by atoms with Crippen molar-refractivity contribution in [3.8, 4) is 5.88 Å². The minimum absolute atomic E-state index is 0.282. The van der Waals surface area contributed by atoms with Crippen molar-refractivity contribution in [3.63, 3.8) is 0 Å². The van der Waals surface area contributed by atoms with E-state index >= 15 is 0 Å². The molecule has 0 spiro atoms. The molecule has 106 valence electrons. The average molecular weight is 272 g/mol. The van der Waals surface area contributed by atoms with Crippen LogP contribution in [0.25, 0.3) is 5.65 Å². The molecule has 0 aromatic carbocycles. The van der Waals surface area contributed by atoms with Gasteiger partial charge in [0, 0.05) is 11.0 Å². The van der Waals surface area contributed by atoms with Crippen molar-refractivity contribution < 1.29 is 4.74 Å². The number of rotatable bonds is 3. The van der Waals surface area contributed by atoms with Crippen LogP contribution >= 0.6 is 0 Å². The van der Waals surface area contributed by atoms with E-state index in [1.165, 1.54) is 37.7 Å². The Morgan fingerprint density at radius 3 is 2.80 bits per heavy atom. The van der Waals surface area contributed by atoms with Gasteiger partial charge in [0.2, 0.25) is 5.88 Å². The lowest BCUT2D eigenvalue weighted by Crippen LogP contribution is -2.22. The van der Waals surface area contributed by atoms with Crippen LogP contribution in [0.1, 0.15) is 50.4 Å². The van der Waals surface area contributed by atoms with Gasteiger partial charge in [0.25, 0.3) is 0 Å². The first-order valence-corrected chi connectivity index (χ1v) is 7.58. The zero-order chi connectivity index (χ0) is 13.7. The van der Waals surface area contributed by atoms with Crippen molar-refractivity contribution in [3.05, 3.63) is 17.5 Å². The second-order valence-corrected chi connectivity index (χ2v) is 6.24. The van der Waals surface area contributed by atoms with Crippen molar-refractivity contribution in [2.24, 2.45) is 5.92 Å². The van der Waals surface area contributed by atoms with E-state index in [1.54, 1.807) is 4.52 Å². The van der Waals surface area contributed by atoms with E-state index in [4.69, 9.17) is 4.74 Å². The van der Waals surface area contributed by atoms with E-state index < -0.39 is 0 Å². The van der Waals surface area contributed by atoms with Crippen LogP contribution in [0.5, 0.6) is 5.88 Å². The van der Waals surface area contributed by atoms with Gasteiger partial charge in [-0.2, -0.15) is 4.52 Å². The molecule has 4 rings (SSSR count). The van der Waals surface area contributed by atoms with Crippen molar-refractivity contribution >= 4 is 5.65 Å². The summed E-state index contributed by atoms with van der Waals surface area (Å²) >= 11 is 0. The van der Waals surface area contributed by atoms with E-state index in [9.17, 15) is 0 Å². The van der Waals surface area contributed by atoms with E-state index in [2.05, 4.69) is 21.4 Å². The third-order valence-electron chi connectivity index (χ3n) is 5.11. The first kappa shape index (κ1) is 12.1. The molecular formula is C15H20N4O. The zero-order valence-corrected chi connectivity index (χ0v) is 12.1. The number of hydrogen-bond donors (Lipinski definition) is 0. The molecular weight excluding hydrogens is 252 g/mol. The highest BCUT2D eigenvalue weighted by Crippen LogP contribution is 2.56. The van der Waals surface area contributed by atoms with E-state index in [0.717, 1.165) is 23.3 Å². The van der Waals surface area contributed by atoms with Crippen LogP contribution in [0.3, 0.4) is 0 Å². The number of hydrogen-bond acceptors (Lipinski definition) is 4. The number of aryl methyl sites for hydroxylation is 1. The molecule has 0 atom stereocenters. The second kappa shape index (κ2) is 4.17. The third-order valence-corrected chi connectivity index (χ3v) is 5.11. The molecule has 2 aliphatic carbocycles. The van der Waals surface area contributed by atoms with E-state index in [0.29, 0.717) is 6.61 Å².